The topological polar surface area (TPSA) is 54.2 Å². The predicted molar refractivity (Wildman–Crippen MR) is 214 cm³/mol. The lowest BCUT2D eigenvalue weighted by atomic mass is 10.0. The Balaban J connectivity index is 0.000000956. The second kappa shape index (κ2) is 23.7. The Hall–Kier alpha value is -3.64. The van der Waals surface area contributed by atoms with Crippen LogP contribution >= 0.6 is 0 Å². The SMILES string of the molecule is C=C(c1ccc(OCC2=CC(N3CCCC3)=CC=C(N3CCOCC3)C2)cc1)N(C)c1cc(N)ccc1CCCC.CC.CC.CCCC. The maximum Gasteiger partial charge on any atom is 0.119 e. The van der Waals surface area contributed by atoms with Gasteiger partial charge in [-0.3, -0.25) is 0 Å². The number of nitrogen functional groups attached to an aromatic ring is 1. The van der Waals surface area contributed by atoms with Crippen molar-refractivity contribution in [3.05, 3.63) is 95.4 Å². The maximum absolute atomic E-state index is 6.36. The van der Waals surface area contributed by atoms with Gasteiger partial charge < -0.3 is 29.9 Å². The summed E-state index contributed by atoms with van der Waals surface area (Å²) < 4.78 is 12.0. The third-order valence-corrected chi connectivity index (χ3v) is 8.88. The van der Waals surface area contributed by atoms with E-state index < -0.39 is 0 Å². The van der Waals surface area contributed by atoms with Gasteiger partial charge in [0.1, 0.15) is 12.4 Å². The van der Waals surface area contributed by atoms with Crippen LogP contribution in [0.5, 0.6) is 5.75 Å². The van der Waals surface area contributed by atoms with Gasteiger partial charge in [0.2, 0.25) is 0 Å². The molecule has 6 nitrogen and oxygen atoms in total. The van der Waals surface area contributed by atoms with E-state index in [4.69, 9.17) is 15.2 Å². The van der Waals surface area contributed by atoms with E-state index in [1.807, 2.05) is 33.8 Å². The zero-order valence-corrected chi connectivity index (χ0v) is 32.3. The highest BCUT2D eigenvalue weighted by molar-refractivity contribution is 5.80. The summed E-state index contributed by atoms with van der Waals surface area (Å²) in [5.41, 5.74) is 15.3. The minimum atomic E-state index is 0.567. The number of aryl methyl sites for hydroxylation is 1. The van der Waals surface area contributed by atoms with Crippen LogP contribution in [0.4, 0.5) is 11.4 Å². The molecular weight excluding hydrogens is 604 g/mol. The molecule has 3 aliphatic rings. The lowest BCUT2D eigenvalue weighted by Crippen LogP contribution is -2.35. The van der Waals surface area contributed by atoms with Gasteiger partial charge in [-0.15, -0.1) is 0 Å². The molecule has 2 saturated heterocycles. The quantitative estimate of drug-likeness (QED) is 0.227. The number of ether oxygens (including phenoxy) is 2. The second-order valence-corrected chi connectivity index (χ2v) is 12.3. The molecule has 0 bridgehead atoms. The van der Waals surface area contributed by atoms with E-state index in [1.54, 1.807) is 0 Å². The molecule has 0 aromatic heterocycles. The fraction of sp³-hybridized carbons (Fsp3) is 0.535. The lowest BCUT2D eigenvalue weighted by molar-refractivity contribution is 0.0525. The molecule has 2 N–H and O–H groups in total. The van der Waals surface area contributed by atoms with Crippen molar-refractivity contribution < 1.29 is 9.47 Å². The average molecular weight is 673 g/mol. The Morgan fingerprint density at radius 2 is 1.51 bits per heavy atom. The first-order valence-electron chi connectivity index (χ1n) is 19.2. The molecule has 0 atom stereocenters. The molecule has 272 valence electrons. The first-order chi connectivity index (χ1) is 23.9. The summed E-state index contributed by atoms with van der Waals surface area (Å²) in [5.74, 6) is 0.866. The Bertz CT molecular complexity index is 1310. The van der Waals surface area contributed by atoms with Crippen molar-refractivity contribution in [1.82, 2.24) is 9.80 Å². The lowest BCUT2D eigenvalue weighted by Gasteiger charge is -2.31. The van der Waals surface area contributed by atoms with Gasteiger partial charge in [0, 0.05) is 68.1 Å². The van der Waals surface area contributed by atoms with Gasteiger partial charge in [-0.1, -0.05) is 80.4 Å². The minimum absolute atomic E-state index is 0.567. The molecule has 0 amide bonds. The summed E-state index contributed by atoms with van der Waals surface area (Å²) in [6.07, 6.45) is 16.4. The van der Waals surface area contributed by atoms with Crippen LogP contribution in [-0.4, -0.2) is 62.8 Å². The monoisotopic (exact) mass is 673 g/mol. The molecule has 0 spiro atoms. The molecule has 2 aliphatic heterocycles. The number of hydrogen-bond acceptors (Lipinski definition) is 6. The van der Waals surface area contributed by atoms with E-state index in [0.717, 1.165) is 93.5 Å². The van der Waals surface area contributed by atoms with E-state index in [9.17, 15) is 0 Å². The zero-order valence-electron chi connectivity index (χ0n) is 32.3. The van der Waals surface area contributed by atoms with E-state index in [-0.39, 0.29) is 0 Å². The third kappa shape index (κ3) is 13.3. The number of hydrogen-bond donors (Lipinski definition) is 1. The van der Waals surface area contributed by atoms with Gasteiger partial charge in [-0.25, -0.2) is 0 Å². The van der Waals surface area contributed by atoms with Crippen LogP contribution in [0.15, 0.2) is 84.2 Å². The molecule has 0 radical (unpaired) electrons. The van der Waals surface area contributed by atoms with E-state index in [0.29, 0.717) is 6.61 Å². The van der Waals surface area contributed by atoms with Crippen molar-refractivity contribution in [2.24, 2.45) is 0 Å². The van der Waals surface area contributed by atoms with Crippen LogP contribution in [0, 0.1) is 0 Å². The van der Waals surface area contributed by atoms with Gasteiger partial charge in [0.15, 0.2) is 0 Å². The molecular formula is C43H68N4O2. The molecule has 0 unspecified atom stereocenters. The maximum atomic E-state index is 6.36. The van der Waals surface area contributed by atoms with Crippen molar-refractivity contribution >= 4 is 17.1 Å². The van der Waals surface area contributed by atoms with Crippen molar-refractivity contribution in [3.8, 4) is 5.75 Å². The predicted octanol–water partition coefficient (Wildman–Crippen LogP) is 10.5. The van der Waals surface area contributed by atoms with E-state index in [1.165, 1.54) is 48.2 Å². The number of nitrogens with two attached hydrogens (primary N) is 1. The largest absolute Gasteiger partial charge is 0.489 e. The highest BCUT2D eigenvalue weighted by atomic mass is 16.5. The number of unbranched alkanes of at least 4 members (excludes halogenated alkanes) is 2. The highest BCUT2D eigenvalue weighted by Gasteiger charge is 2.20. The number of benzene rings is 2. The normalized spacial score (nSPS) is 15.5. The van der Waals surface area contributed by atoms with E-state index in [2.05, 4.69) is 104 Å². The van der Waals surface area contributed by atoms with Crippen molar-refractivity contribution in [2.75, 3.05) is 63.7 Å². The van der Waals surface area contributed by atoms with Gasteiger partial charge in [-0.05, 0) is 97.0 Å². The highest BCUT2D eigenvalue weighted by Crippen LogP contribution is 2.31. The molecule has 1 aliphatic carbocycles. The Kier molecular flexibility index (Phi) is 20.1. The summed E-state index contributed by atoms with van der Waals surface area (Å²) in [6.45, 7) is 25.3. The van der Waals surface area contributed by atoms with Gasteiger partial charge in [-0.2, -0.15) is 0 Å². The fourth-order valence-corrected chi connectivity index (χ4v) is 5.84. The van der Waals surface area contributed by atoms with Crippen molar-refractivity contribution in [2.45, 2.75) is 99.8 Å². The Labute approximate surface area is 300 Å². The second-order valence-electron chi connectivity index (χ2n) is 12.3. The van der Waals surface area contributed by atoms with Crippen LogP contribution < -0.4 is 15.4 Å². The molecule has 49 heavy (non-hydrogen) atoms. The number of morpholine rings is 1. The fourth-order valence-electron chi connectivity index (χ4n) is 5.84. The molecule has 5 rings (SSSR count). The Morgan fingerprint density at radius 3 is 2.12 bits per heavy atom. The van der Waals surface area contributed by atoms with Crippen LogP contribution in [0.3, 0.4) is 0 Å². The summed E-state index contributed by atoms with van der Waals surface area (Å²) in [4.78, 5) is 7.12. The van der Waals surface area contributed by atoms with Crippen LogP contribution in [0.25, 0.3) is 5.70 Å². The molecule has 2 fully saturated rings. The molecule has 2 aromatic carbocycles. The molecule has 2 aromatic rings. The summed E-state index contributed by atoms with van der Waals surface area (Å²) in [5, 5.41) is 0. The first kappa shape index (κ1) is 41.5. The summed E-state index contributed by atoms with van der Waals surface area (Å²) >= 11 is 0. The van der Waals surface area contributed by atoms with Crippen molar-refractivity contribution in [1.29, 1.82) is 0 Å². The summed E-state index contributed by atoms with van der Waals surface area (Å²) in [7, 11) is 2.07. The Morgan fingerprint density at radius 1 is 0.857 bits per heavy atom. The number of nitrogens with zero attached hydrogens (tertiary/aromatic N) is 3. The number of anilines is 2. The average Bonchev–Trinajstić information content (AvgIpc) is 3.62. The van der Waals surface area contributed by atoms with Gasteiger partial charge in [0.05, 0.1) is 13.2 Å². The third-order valence-electron chi connectivity index (χ3n) is 8.88. The standard InChI is InChI=1S/C35H46N4O2.C4H10.2C2H6/c1-4-5-8-30-9-12-31(36)25-35(30)37(3)27(2)29-10-15-34(16-11-29)41-26-28-23-32(38-17-6-7-18-38)13-14-33(24-28)39-19-21-40-22-20-39;1-3-4-2;2*1-2/h9-16,23,25H,2,4-8,17-22,24,26,36H2,1,3H3;3-4H2,1-2H3;2*1-2H3. The minimum Gasteiger partial charge on any atom is -0.489 e. The van der Waals surface area contributed by atoms with Crippen LogP contribution in [-0.2, 0) is 11.2 Å². The van der Waals surface area contributed by atoms with Crippen LogP contribution in [0.2, 0.25) is 0 Å². The van der Waals surface area contributed by atoms with Crippen molar-refractivity contribution in [3.63, 3.8) is 0 Å². The molecule has 6 heteroatoms. The number of rotatable bonds is 12. The number of allylic oxidation sites excluding steroid dienone is 4. The molecule has 0 saturated carbocycles. The van der Waals surface area contributed by atoms with Crippen LogP contribution in [0.1, 0.15) is 105 Å². The van der Waals surface area contributed by atoms with E-state index >= 15 is 0 Å². The zero-order chi connectivity index (χ0) is 36.0. The van der Waals surface area contributed by atoms with Gasteiger partial charge >= 0.3 is 0 Å². The smallest absolute Gasteiger partial charge is 0.119 e. The summed E-state index contributed by atoms with van der Waals surface area (Å²) in [6, 6.07) is 14.5. The van der Waals surface area contributed by atoms with Gasteiger partial charge in [0.25, 0.3) is 0 Å². The first-order valence-corrected chi connectivity index (χ1v) is 19.2. The number of likely N-dealkylation sites (tertiary alicyclic amines) is 1. The molecule has 2 heterocycles.